The van der Waals surface area contributed by atoms with Crippen molar-refractivity contribution < 1.29 is 9.72 Å². The number of anilines is 2. The number of carbonyl (C=O) groups excluding carboxylic acids is 1. The summed E-state index contributed by atoms with van der Waals surface area (Å²) in [6.07, 6.45) is 0.913. The Kier molecular flexibility index (Phi) is 5.00. The van der Waals surface area contributed by atoms with E-state index in [4.69, 9.17) is 0 Å². The third-order valence-electron chi connectivity index (χ3n) is 5.63. The lowest BCUT2D eigenvalue weighted by atomic mass is 10.1. The van der Waals surface area contributed by atoms with Crippen molar-refractivity contribution in [3.8, 4) is 0 Å². The monoisotopic (exact) mass is 380 g/mol. The Morgan fingerprint density at radius 2 is 1.75 bits per heavy atom. The number of nitro benzene ring substituents is 1. The smallest absolute Gasteiger partial charge is 0.269 e. The lowest BCUT2D eigenvalue weighted by Gasteiger charge is -2.36. The number of benzene rings is 2. The van der Waals surface area contributed by atoms with Crippen LogP contribution < -0.4 is 9.80 Å². The summed E-state index contributed by atoms with van der Waals surface area (Å²) in [5.74, 6) is 0.154. The first-order valence-corrected chi connectivity index (χ1v) is 9.64. The molecule has 2 heterocycles. The third kappa shape index (κ3) is 3.57. The van der Waals surface area contributed by atoms with Crippen LogP contribution in [0.15, 0.2) is 48.5 Å². The van der Waals surface area contributed by atoms with Gasteiger partial charge in [-0.15, -0.1) is 0 Å². The third-order valence-corrected chi connectivity index (χ3v) is 5.63. The molecule has 4 rings (SSSR count). The highest BCUT2D eigenvalue weighted by Crippen LogP contribution is 2.32. The molecule has 0 spiro atoms. The zero-order valence-electron chi connectivity index (χ0n) is 16.0. The average molecular weight is 380 g/mol. The largest absolute Gasteiger partial charge is 0.369 e. The quantitative estimate of drug-likeness (QED) is 0.603. The Labute approximate surface area is 164 Å². The van der Waals surface area contributed by atoms with Crippen LogP contribution in [0.25, 0.3) is 0 Å². The second kappa shape index (κ2) is 7.59. The topological polar surface area (TPSA) is 69.9 Å². The van der Waals surface area contributed by atoms with Crippen molar-refractivity contribution in [2.45, 2.75) is 19.4 Å². The first-order valence-electron chi connectivity index (χ1n) is 9.64. The molecule has 2 aliphatic rings. The number of para-hydroxylation sites is 1. The molecule has 1 fully saturated rings. The summed E-state index contributed by atoms with van der Waals surface area (Å²) >= 11 is 0. The summed E-state index contributed by atoms with van der Waals surface area (Å²) in [6.45, 7) is 5.73. The van der Waals surface area contributed by atoms with Gasteiger partial charge in [-0.25, -0.2) is 0 Å². The SMILES string of the molecule is C[C@H]1Cc2ccccc2N1C(=O)CN1CCN(c2ccc([N+](=O)[O-])cc2)CC1. The van der Waals surface area contributed by atoms with Crippen LogP contribution in [0.4, 0.5) is 17.1 Å². The van der Waals surface area contributed by atoms with E-state index in [1.165, 1.54) is 17.7 Å². The standard InChI is InChI=1S/C21H24N4O3/c1-16-14-17-4-2-3-5-20(17)24(16)21(26)15-22-10-12-23(13-11-22)18-6-8-19(9-7-18)25(27)28/h2-9,16H,10-15H2,1H3/t16-/m0/s1. The first kappa shape index (κ1) is 18.4. The Hall–Kier alpha value is -2.93. The molecule has 146 valence electrons. The summed E-state index contributed by atoms with van der Waals surface area (Å²) < 4.78 is 0. The molecular formula is C21H24N4O3. The maximum Gasteiger partial charge on any atom is 0.269 e. The van der Waals surface area contributed by atoms with E-state index < -0.39 is 0 Å². The average Bonchev–Trinajstić information content (AvgIpc) is 3.04. The van der Waals surface area contributed by atoms with Gasteiger partial charge in [0.05, 0.1) is 11.5 Å². The van der Waals surface area contributed by atoms with Gasteiger partial charge in [0.15, 0.2) is 0 Å². The van der Waals surface area contributed by atoms with Gasteiger partial charge in [-0.2, -0.15) is 0 Å². The molecule has 1 saturated heterocycles. The predicted molar refractivity (Wildman–Crippen MR) is 109 cm³/mol. The van der Waals surface area contributed by atoms with Crippen molar-refractivity contribution in [1.29, 1.82) is 0 Å². The molecule has 0 aliphatic carbocycles. The molecule has 0 unspecified atom stereocenters. The second-order valence-corrected chi connectivity index (χ2v) is 7.48. The number of hydrogen-bond donors (Lipinski definition) is 0. The van der Waals surface area contributed by atoms with Gasteiger partial charge in [-0.1, -0.05) is 18.2 Å². The number of piperazine rings is 1. The van der Waals surface area contributed by atoms with Crippen LogP contribution in [0.2, 0.25) is 0 Å². The highest BCUT2D eigenvalue weighted by Gasteiger charge is 2.31. The maximum atomic E-state index is 12.9. The molecular weight excluding hydrogens is 356 g/mol. The van der Waals surface area contributed by atoms with E-state index in [-0.39, 0.29) is 22.6 Å². The molecule has 0 bridgehead atoms. The van der Waals surface area contributed by atoms with E-state index in [0.717, 1.165) is 44.0 Å². The van der Waals surface area contributed by atoms with Gasteiger partial charge in [-0.05, 0) is 37.1 Å². The van der Waals surface area contributed by atoms with E-state index in [9.17, 15) is 14.9 Å². The number of hydrogen-bond acceptors (Lipinski definition) is 5. The van der Waals surface area contributed by atoms with Crippen molar-refractivity contribution in [3.05, 3.63) is 64.2 Å². The summed E-state index contributed by atoms with van der Waals surface area (Å²) in [6, 6.07) is 15.0. The molecule has 0 aromatic heterocycles. The summed E-state index contributed by atoms with van der Waals surface area (Å²) in [5.41, 5.74) is 3.38. The van der Waals surface area contributed by atoms with Crippen LogP contribution in [0.3, 0.4) is 0 Å². The minimum absolute atomic E-state index is 0.105. The van der Waals surface area contributed by atoms with Crippen molar-refractivity contribution >= 4 is 23.0 Å². The Morgan fingerprint density at radius 3 is 2.43 bits per heavy atom. The van der Waals surface area contributed by atoms with Crippen LogP contribution in [-0.4, -0.2) is 54.5 Å². The Balaban J connectivity index is 1.34. The van der Waals surface area contributed by atoms with E-state index >= 15 is 0 Å². The first-order chi connectivity index (χ1) is 13.5. The van der Waals surface area contributed by atoms with E-state index in [0.29, 0.717) is 6.54 Å². The minimum Gasteiger partial charge on any atom is -0.369 e. The number of nitro groups is 1. The van der Waals surface area contributed by atoms with Gasteiger partial charge < -0.3 is 9.80 Å². The molecule has 2 aromatic carbocycles. The molecule has 2 aromatic rings. The number of non-ortho nitro benzene ring substituents is 1. The predicted octanol–water partition coefficient (Wildman–Crippen LogP) is 2.69. The molecule has 0 saturated carbocycles. The number of rotatable bonds is 4. The van der Waals surface area contributed by atoms with Crippen molar-refractivity contribution in [2.24, 2.45) is 0 Å². The summed E-state index contributed by atoms with van der Waals surface area (Å²) in [7, 11) is 0. The van der Waals surface area contributed by atoms with Gasteiger partial charge in [0.2, 0.25) is 5.91 Å². The lowest BCUT2D eigenvalue weighted by Crippen LogP contribution is -2.51. The fourth-order valence-corrected chi connectivity index (χ4v) is 4.16. The lowest BCUT2D eigenvalue weighted by molar-refractivity contribution is -0.384. The number of amides is 1. The van der Waals surface area contributed by atoms with Crippen molar-refractivity contribution in [3.63, 3.8) is 0 Å². The molecule has 7 heteroatoms. The fourth-order valence-electron chi connectivity index (χ4n) is 4.16. The summed E-state index contributed by atoms with van der Waals surface area (Å²) in [4.78, 5) is 29.7. The van der Waals surface area contributed by atoms with E-state index in [1.807, 2.05) is 23.1 Å². The Morgan fingerprint density at radius 1 is 1.07 bits per heavy atom. The number of carbonyl (C=O) groups is 1. The highest BCUT2D eigenvalue weighted by atomic mass is 16.6. The second-order valence-electron chi connectivity index (χ2n) is 7.48. The maximum absolute atomic E-state index is 12.9. The van der Waals surface area contributed by atoms with Gasteiger partial charge in [-0.3, -0.25) is 19.8 Å². The van der Waals surface area contributed by atoms with Gasteiger partial charge >= 0.3 is 0 Å². The van der Waals surface area contributed by atoms with Crippen molar-refractivity contribution in [1.82, 2.24) is 4.90 Å². The molecule has 0 radical (unpaired) electrons. The zero-order chi connectivity index (χ0) is 19.7. The molecule has 28 heavy (non-hydrogen) atoms. The van der Waals surface area contributed by atoms with E-state index in [2.05, 4.69) is 22.8 Å². The van der Waals surface area contributed by atoms with Crippen molar-refractivity contribution in [2.75, 3.05) is 42.5 Å². The Bertz CT molecular complexity index is 875. The van der Waals surface area contributed by atoms with Crippen LogP contribution in [0.5, 0.6) is 0 Å². The van der Waals surface area contributed by atoms with Crippen LogP contribution in [0.1, 0.15) is 12.5 Å². The fraction of sp³-hybridized carbons (Fsp3) is 0.381. The van der Waals surface area contributed by atoms with Gasteiger partial charge in [0.1, 0.15) is 0 Å². The highest BCUT2D eigenvalue weighted by molar-refractivity contribution is 5.97. The molecule has 1 atom stereocenters. The molecule has 1 amide bonds. The van der Waals surface area contributed by atoms with E-state index in [1.54, 1.807) is 12.1 Å². The molecule has 2 aliphatic heterocycles. The molecule has 0 N–H and O–H groups in total. The molecule has 7 nitrogen and oxygen atoms in total. The van der Waals surface area contributed by atoms with Crippen LogP contribution in [-0.2, 0) is 11.2 Å². The zero-order valence-corrected chi connectivity index (χ0v) is 16.0. The van der Waals surface area contributed by atoms with Gasteiger partial charge in [0.25, 0.3) is 5.69 Å². The van der Waals surface area contributed by atoms with Crippen LogP contribution in [0, 0.1) is 10.1 Å². The minimum atomic E-state index is -0.384. The summed E-state index contributed by atoms with van der Waals surface area (Å²) in [5, 5.41) is 10.8. The number of nitrogens with zero attached hydrogens (tertiary/aromatic N) is 4. The number of fused-ring (bicyclic) bond motifs is 1. The van der Waals surface area contributed by atoms with Gasteiger partial charge in [0, 0.05) is 55.7 Å². The van der Waals surface area contributed by atoms with Crippen LogP contribution >= 0.6 is 0 Å². The normalized spacial score (nSPS) is 19.5.